The highest BCUT2D eigenvalue weighted by Gasteiger charge is 2.14. The van der Waals surface area contributed by atoms with Gasteiger partial charge in [-0.25, -0.2) is 0 Å². The SMILES string of the molecule is COc1ccc(Br)c(CO)c1OCc1ccccc1Cl. The lowest BCUT2D eigenvalue weighted by Gasteiger charge is -2.15. The molecule has 0 aliphatic carbocycles. The fourth-order valence-corrected chi connectivity index (χ4v) is 2.44. The second-order valence-electron chi connectivity index (χ2n) is 4.10. The van der Waals surface area contributed by atoms with E-state index in [2.05, 4.69) is 15.9 Å². The van der Waals surface area contributed by atoms with E-state index >= 15 is 0 Å². The van der Waals surface area contributed by atoms with Gasteiger partial charge >= 0.3 is 0 Å². The average Bonchev–Trinajstić information content (AvgIpc) is 2.46. The summed E-state index contributed by atoms with van der Waals surface area (Å²) in [6.45, 7) is 0.162. The Bertz CT molecular complexity index is 602. The molecule has 2 aromatic rings. The van der Waals surface area contributed by atoms with Crippen LogP contribution in [0.1, 0.15) is 11.1 Å². The minimum absolute atomic E-state index is 0.143. The standard InChI is InChI=1S/C15H14BrClO3/c1-19-14-7-6-12(16)11(8-18)15(14)20-9-10-4-2-3-5-13(10)17/h2-7,18H,8-9H2,1H3. The third-order valence-corrected chi connectivity index (χ3v) is 3.99. The van der Waals surface area contributed by atoms with Crippen molar-refractivity contribution in [1.29, 1.82) is 0 Å². The molecule has 2 aromatic carbocycles. The van der Waals surface area contributed by atoms with E-state index in [-0.39, 0.29) is 6.61 Å². The monoisotopic (exact) mass is 356 g/mol. The molecule has 0 aromatic heterocycles. The second kappa shape index (κ2) is 6.97. The highest BCUT2D eigenvalue weighted by atomic mass is 79.9. The Labute approximate surface area is 131 Å². The van der Waals surface area contributed by atoms with Crippen molar-refractivity contribution in [2.45, 2.75) is 13.2 Å². The van der Waals surface area contributed by atoms with Gasteiger partial charge in [-0.15, -0.1) is 0 Å². The number of hydrogen-bond acceptors (Lipinski definition) is 3. The summed E-state index contributed by atoms with van der Waals surface area (Å²) in [5, 5.41) is 10.1. The van der Waals surface area contributed by atoms with Gasteiger partial charge < -0.3 is 14.6 Å². The van der Waals surface area contributed by atoms with Crippen molar-refractivity contribution in [2.75, 3.05) is 7.11 Å². The summed E-state index contributed by atoms with van der Waals surface area (Å²) in [6, 6.07) is 11.1. The highest BCUT2D eigenvalue weighted by molar-refractivity contribution is 9.10. The van der Waals surface area contributed by atoms with Crippen molar-refractivity contribution >= 4 is 27.5 Å². The van der Waals surface area contributed by atoms with Crippen LogP contribution in [-0.4, -0.2) is 12.2 Å². The van der Waals surface area contributed by atoms with E-state index in [4.69, 9.17) is 21.1 Å². The molecule has 0 fully saturated rings. The van der Waals surface area contributed by atoms with Gasteiger partial charge in [0.2, 0.25) is 0 Å². The Morgan fingerprint density at radius 3 is 2.60 bits per heavy atom. The van der Waals surface area contributed by atoms with Gasteiger partial charge in [-0.05, 0) is 18.2 Å². The van der Waals surface area contributed by atoms with E-state index in [0.717, 1.165) is 10.0 Å². The van der Waals surface area contributed by atoms with Crippen LogP contribution in [0.3, 0.4) is 0 Å². The fourth-order valence-electron chi connectivity index (χ4n) is 1.81. The molecule has 0 saturated carbocycles. The molecule has 0 spiro atoms. The van der Waals surface area contributed by atoms with Gasteiger partial charge in [-0.3, -0.25) is 0 Å². The Balaban J connectivity index is 2.29. The van der Waals surface area contributed by atoms with Crippen LogP contribution in [-0.2, 0) is 13.2 Å². The summed E-state index contributed by atoms with van der Waals surface area (Å²) in [7, 11) is 1.56. The molecule has 0 saturated heterocycles. The van der Waals surface area contributed by atoms with Crippen LogP contribution in [0.15, 0.2) is 40.9 Å². The maximum atomic E-state index is 9.48. The molecule has 0 amide bonds. The second-order valence-corrected chi connectivity index (χ2v) is 5.36. The quantitative estimate of drug-likeness (QED) is 0.872. The van der Waals surface area contributed by atoms with Crippen molar-refractivity contribution in [2.24, 2.45) is 0 Å². The number of aliphatic hydroxyl groups excluding tert-OH is 1. The molecule has 2 rings (SSSR count). The molecule has 3 nitrogen and oxygen atoms in total. The molecule has 5 heteroatoms. The molecular formula is C15H14BrClO3. The first kappa shape index (κ1) is 15.2. The van der Waals surface area contributed by atoms with Gasteiger partial charge in [0.1, 0.15) is 6.61 Å². The van der Waals surface area contributed by atoms with E-state index in [1.54, 1.807) is 13.2 Å². The van der Waals surface area contributed by atoms with Crippen LogP contribution in [0.2, 0.25) is 5.02 Å². The van der Waals surface area contributed by atoms with Crippen LogP contribution in [0.4, 0.5) is 0 Å². The van der Waals surface area contributed by atoms with Crippen molar-refractivity contribution in [3.63, 3.8) is 0 Å². The Hall–Kier alpha value is -1.23. The zero-order valence-corrected chi connectivity index (χ0v) is 13.2. The largest absolute Gasteiger partial charge is 0.493 e. The summed E-state index contributed by atoms with van der Waals surface area (Å²) in [5.41, 5.74) is 1.52. The van der Waals surface area contributed by atoms with Gasteiger partial charge in [0.05, 0.1) is 13.7 Å². The third-order valence-electron chi connectivity index (χ3n) is 2.88. The van der Waals surface area contributed by atoms with E-state index in [1.807, 2.05) is 30.3 Å². The molecule has 1 N–H and O–H groups in total. The van der Waals surface area contributed by atoms with Crippen molar-refractivity contribution < 1.29 is 14.6 Å². The van der Waals surface area contributed by atoms with E-state index in [0.29, 0.717) is 28.7 Å². The molecule has 0 bridgehead atoms. The van der Waals surface area contributed by atoms with Crippen molar-refractivity contribution in [3.8, 4) is 11.5 Å². The summed E-state index contributed by atoms with van der Waals surface area (Å²) < 4.78 is 11.8. The average molecular weight is 358 g/mol. The Morgan fingerprint density at radius 2 is 1.95 bits per heavy atom. The van der Waals surface area contributed by atoms with Gasteiger partial charge in [0, 0.05) is 20.6 Å². The number of aliphatic hydroxyl groups is 1. The first-order valence-electron chi connectivity index (χ1n) is 5.99. The summed E-state index contributed by atoms with van der Waals surface area (Å²) in [5.74, 6) is 1.09. The lowest BCUT2D eigenvalue weighted by Crippen LogP contribution is -2.02. The molecular weight excluding hydrogens is 344 g/mol. The molecule has 0 heterocycles. The summed E-state index contributed by atoms with van der Waals surface area (Å²) >= 11 is 9.49. The van der Waals surface area contributed by atoms with Gasteiger partial charge in [-0.1, -0.05) is 45.7 Å². The fraction of sp³-hybridized carbons (Fsp3) is 0.200. The molecule has 0 aliphatic heterocycles. The van der Waals surface area contributed by atoms with Crippen LogP contribution in [0, 0.1) is 0 Å². The number of benzene rings is 2. The van der Waals surface area contributed by atoms with Crippen molar-refractivity contribution in [1.82, 2.24) is 0 Å². The van der Waals surface area contributed by atoms with Crippen LogP contribution < -0.4 is 9.47 Å². The summed E-state index contributed by atoms with van der Waals surface area (Å²) in [6.07, 6.45) is 0. The smallest absolute Gasteiger partial charge is 0.168 e. The van der Waals surface area contributed by atoms with Gasteiger partial charge in [-0.2, -0.15) is 0 Å². The molecule has 0 radical (unpaired) electrons. The van der Waals surface area contributed by atoms with Crippen LogP contribution >= 0.6 is 27.5 Å². The first-order chi connectivity index (χ1) is 9.67. The minimum Gasteiger partial charge on any atom is -0.493 e. The maximum Gasteiger partial charge on any atom is 0.168 e. The third kappa shape index (κ3) is 3.26. The number of halogens is 2. The predicted octanol–water partition coefficient (Wildman–Crippen LogP) is 4.18. The highest BCUT2D eigenvalue weighted by Crippen LogP contribution is 2.37. The Kier molecular flexibility index (Phi) is 5.29. The molecule has 0 unspecified atom stereocenters. The minimum atomic E-state index is -0.143. The molecule has 106 valence electrons. The van der Waals surface area contributed by atoms with E-state index in [1.165, 1.54) is 0 Å². The van der Waals surface area contributed by atoms with Gasteiger partial charge in [0.15, 0.2) is 11.5 Å². The number of rotatable bonds is 5. The first-order valence-corrected chi connectivity index (χ1v) is 7.17. The lowest BCUT2D eigenvalue weighted by atomic mass is 10.2. The van der Waals surface area contributed by atoms with Crippen LogP contribution in [0.5, 0.6) is 11.5 Å². The topological polar surface area (TPSA) is 38.7 Å². The maximum absolute atomic E-state index is 9.48. The summed E-state index contributed by atoms with van der Waals surface area (Å²) in [4.78, 5) is 0. The number of ether oxygens (including phenoxy) is 2. The molecule has 0 atom stereocenters. The normalized spacial score (nSPS) is 10.4. The predicted molar refractivity (Wildman–Crippen MR) is 82.4 cm³/mol. The van der Waals surface area contributed by atoms with E-state index < -0.39 is 0 Å². The zero-order chi connectivity index (χ0) is 14.5. The van der Waals surface area contributed by atoms with Crippen LogP contribution in [0.25, 0.3) is 0 Å². The lowest BCUT2D eigenvalue weighted by molar-refractivity contribution is 0.249. The van der Waals surface area contributed by atoms with Gasteiger partial charge in [0.25, 0.3) is 0 Å². The van der Waals surface area contributed by atoms with E-state index in [9.17, 15) is 5.11 Å². The number of methoxy groups -OCH3 is 1. The molecule has 0 aliphatic rings. The Morgan fingerprint density at radius 1 is 1.20 bits per heavy atom. The van der Waals surface area contributed by atoms with Crippen molar-refractivity contribution in [3.05, 3.63) is 57.0 Å². The zero-order valence-electron chi connectivity index (χ0n) is 10.9. The number of hydrogen-bond donors (Lipinski definition) is 1. The molecule has 20 heavy (non-hydrogen) atoms.